The van der Waals surface area contributed by atoms with Crippen LogP contribution in [0.5, 0.6) is 0 Å². The maximum absolute atomic E-state index is 12.6. The second kappa shape index (κ2) is 6.04. The zero-order valence-corrected chi connectivity index (χ0v) is 12.8. The van der Waals surface area contributed by atoms with Gasteiger partial charge in [-0.3, -0.25) is 0 Å². The smallest absolute Gasteiger partial charge is 0.205 e. The monoisotopic (exact) mass is 312 g/mol. The van der Waals surface area contributed by atoms with Gasteiger partial charge in [-0.15, -0.1) is 0 Å². The summed E-state index contributed by atoms with van der Waals surface area (Å²) in [5.41, 5.74) is -0.774. The number of hydrogen-bond donors (Lipinski definition) is 0. The highest BCUT2D eigenvalue weighted by atomic mass is 32.2. The molecule has 0 spiro atoms. The van der Waals surface area contributed by atoms with E-state index >= 15 is 0 Å². The van der Waals surface area contributed by atoms with Crippen LogP contribution in [0.2, 0.25) is 0 Å². The van der Waals surface area contributed by atoms with Crippen molar-refractivity contribution in [2.45, 2.75) is 54.5 Å². The second-order valence-corrected chi connectivity index (χ2v) is 7.54. The summed E-state index contributed by atoms with van der Waals surface area (Å²) < 4.78 is 42.0. The zero-order chi connectivity index (χ0) is 14.9. The Labute approximate surface area is 125 Å². The molecule has 2 aliphatic rings. The number of rotatable bonds is 3. The minimum atomic E-state index is -3.44. The summed E-state index contributed by atoms with van der Waals surface area (Å²) in [6.45, 7) is 0. The van der Waals surface area contributed by atoms with E-state index in [0.717, 1.165) is 12.8 Å². The van der Waals surface area contributed by atoms with E-state index < -0.39 is 15.3 Å². The number of sulfone groups is 1. The summed E-state index contributed by atoms with van der Waals surface area (Å²) in [6, 6.07) is 8.49. The van der Waals surface area contributed by atoms with E-state index in [1.807, 2.05) is 0 Å². The minimum absolute atomic E-state index is 0.0640. The highest BCUT2D eigenvalue weighted by Gasteiger charge is 2.42. The Kier molecular flexibility index (Phi) is 4.31. The molecule has 0 amide bonds. The van der Waals surface area contributed by atoms with E-state index in [0.29, 0.717) is 17.7 Å². The molecule has 2 aliphatic heterocycles. The lowest BCUT2D eigenvalue weighted by Gasteiger charge is -2.41. The maximum atomic E-state index is 12.6. The van der Waals surface area contributed by atoms with Crippen molar-refractivity contribution in [3.63, 3.8) is 0 Å². The molecule has 2 heterocycles. The van der Waals surface area contributed by atoms with E-state index in [4.69, 9.17) is 14.2 Å². The molecule has 0 aliphatic carbocycles. The quantitative estimate of drug-likeness (QED) is 0.855. The van der Waals surface area contributed by atoms with Crippen LogP contribution in [0, 0.1) is 0 Å². The molecule has 0 saturated carbocycles. The number of hydrogen-bond acceptors (Lipinski definition) is 5. The fourth-order valence-electron chi connectivity index (χ4n) is 2.97. The molecule has 2 fully saturated rings. The first kappa shape index (κ1) is 15.0. The Morgan fingerprint density at radius 2 is 1.67 bits per heavy atom. The van der Waals surface area contributed by atoms with Gasteiger partial charge in [-0.25, -0.2) is 8.42 Å². The lowest BCUT2D eigenvalue weighted by molar-refractivity contribution is -0.238. The molecule has 3 rings (SSSR count). The normalized spacial score (nSPS) is 33.4. The van der Waals surface area contributed by atoms with Crippen LogP contribution < -0.4 is 0 Å². The molecule has 1 aromatic carbocycles. The van der Waals surface area contributed by atoms with Crippen LogP contribution in [0.4, 0.5) is 0 Å². The largest absolute Gasteiger partial charge is 0.356 e. The van der Waals surface area contributed by atoms with Crippen LogP contribution in [0.15, 0.2) is 35.2 Å². The first-order valence-electron chi connectivity index (χ1n) is 7.24. The van der Waals surface area contributed by atoms with Gasteiger partial charge in [0.2, 0.25) is 9.84 Å². The molecule has 2 saturated heterocycles. The summed E-state index contributed by atoms with van der Waals surface area (Å²) >= 11 is 0. The summed E-state index contributed by atoms with van der Waals surface area (Å²) in [5, 5.41) is 0. The van der Waals surface area contributed by atoms with Gasteiger partial charge in [0.15, 0.2) is 11.7 Å². The molecular weight excluding hydrogens is 292 g/mol. The van der Waals surface area contributed by atoms with Crippen LogP contribution in [0.3, 0.4) is 0 Å². The van der Waals surface area contributed by atoms with Crippen LogP contribution in [0.1, 0.15) is 25.7 Å². The predicted molar refractivity (Wildman–Crippen MR) is 76.4 cm³/mol. The lowest BCUT2D eigenvalue weighted by Crippen LogP contribution is -2.48. The number of benzene rings is 1. The molecular formula is C15H20O5S. The molecule has 0 N–H and O–H groups in total. The molecule has 21 heavy (non-hydrogen) atoms. The van der Waals surface area contributed by atoms with Crippen molar-refractivity contribution < 1.29 is 22.6 Å². The average Bonchev–Trinajstić information content (AvgIpc) is 2.54. The van der Waals surface area contributed by atoms with Crippen LogP contribution in [-0.4, -0.2) is 39.5 Å². The first-order valence-corrected chi connectivity index (χ1v) is 8.78. The topological polar surface area (TPSA) is 61.8 Å². The minimum Gasteiger partial charge on any atom is -0.356 e. The molecule has 0 bridgehead atoms. The van der Waals surface area contributed by atoms with Crippen molar-refractivity contribution in [2.75, 3.05) is 7.11 Å². The molecule has 0 radical (unpaired) electrons. The fourth-order valence-corrected chi connectivity index (χ4v) is 4.55. The maximum Gasteiger partial charge on any atom is 0.205 e. The molecule has 116 valence electrons. The molecule has 0 aromatic heterocycles. The number of fused-ring (bicyclic) bond motifs is 1. The summed E-state index contributed by atoms with van der Waals surface area (Å²) in [7, 11) is -1.82. The fraction of sp³-hybridized carbons (Fsp3) is 0.600. The standard InChI is InChI=1S/C15H20O5S/c1-18-14-9-7-13-12(19-14)8-10-15(20-13)21(16,17)11-5-3-2-4-6-11/h2-6,12-15H,7-10H2,1H3/t12-,13-,14+,15-/m0/s1. The van der Waals surface area contributed by atoms with E-state index in [1.54, 1.807) is 37.4 Å². The zero-order valence-electron chi connectivity index (χ0n) is 12.0. The van der Waals surface area contributed by atoms with Gasteiger partial charge in [-0.1, -0.05) is 18.2 Å². The number of ether oxygens (including phenoxy) is 3. The van der Waals surface area contributed by atoms with Crippen molar-refractivity contribution in [3.05, 3.63) is 30.3 Å². The van der Waals surface area contributed by atoms with Crippen LogP contribution in [-0.2, 0) is 24.0 Å². The predicted octanol–water partition coefficient (Wildman–Crippen LogP) is 2.12. The highest BCUT2D eigenvalue weighted by Crippen LogP contribution is 2.34. The summed E-state index contributed by atoms with van der Waals surface area (Å²) in [6.07, 6.45) is 2.22. The highest BCUT2D eigenvalue weighted by molar-refractivity contribution is 7.91. The van der Waals surface area contributed by atoms with Crippen molar-refractivity contribution in [3.8, 4) is 0 Å². The first-order chi connectivity index (χ1) is 10.1. The third-order valence-electron chi connectivity index (χ3n) is 4.12. The lowest BCUT2D eigenvalue weighted by atomic mass is 9.98. The van der Waals surface area contributed by atoms with E-state index in [9.17, 15) is 8.42 Å². The van der Waals surface area contributed by atoms with Crippen molar-refractivity contribution in [1.82, 2.24) is 0 Å². The van der Waals surface area contributed by atoms with E-state index in [1.165, 1.54) is 0 Å². The number of methoxy groups -OCH3 is 1. The Balaban J connectivity index is 1.72. The summed E-state index contributed by atoms with van der Waals surface area (Å²) in [5.74, 6) is 0. The van der Waals surface area contributed by atoms with Gasteiger partial charge in [0.1, 0.15) is 0 Å². The third kappa shape index (κ3) is 2.99. The van der Waals surface area contributed by atoms with Gasteiger partial charge in [-0.05, 0) is 31.4 Å². The van der Waals surface area contributed by atoms with Crippen molar-refractivity contribution in [1.29, 1.82) is 0 Å². The third-order valence-corrected chi connectivity index (χ3v) is 6.09. The van der Waals surface area contributed by atoms with Gasteiger partial charge < -0.3 is 14.2 Å². The molecule has 6 heteroatoms. The van der Waals surface area contributed by atoms with Gasteiger partial charge in [0.25, 0.3) is 0 Å². The van der Waals surface area contributed by atoms with Gasteiger partial charge in [0, 0.05) is 13.5 Å². The van der Waals surface area contributed by atoms with E-state index in [2.05, 4.69) is 0 Å². The Morgan fingerprint density at radius 1 is 1.00 bits per heavy atom. The van der Waals surface area contributed by atoms with Gasteiger partial charge >= 0.3 is 0 Å². The average molecular weight is 312 g/mol. The van der Waals surface area contributed by atoms with Gasteiger partial charge in [0.05, 0.1) is 17.1 Å². The molecule has 5 nitrogen and oxygen atoms in total. The second-order valence-electron chi connectivity index (χ2n) is 5.46. The van der Waals surface area contributed by atoms with Crippen LogP contribution in [0.25, 0.3) is 0 Å². The Hall–Kier alpha value is -0.950. The molecule has 0 unspecified atom stereocenters. The van der Waals surface area contributed by atoms with Gasteiger partial charge in [-0.2, -0.15) is 0 Å². The summed E-state index contributed by atoms with van der Waals surface area (Å²) in [4.78, 5) is 0.319. The van der Waals surface area contributed by atoms with Crippen molar-refractivity contribution >= 4 is 9.84 Å². The van der Waals surface area contributed by atoms with E-state index in [-0.39, 0.29) is 18.5 Å². The Morgan fingerprint density at radius 3 is 2.38 bits per heavy atom. The molecule has 4 atom stereocenters. The van der Waals surface area contributed by atoms with Crippen molar-refractivity contribution in [2.24, 2.45) is 0 Å². The molecule has 1 aromatic rings. The van der Waals surface area contributed by atoms with Crippen LogP contribution >= 0.6 is 0 Å². The SMILES string of the molecule is CO[C@H]1CC[C@@H]2O[C@@H](S(=O)(=O)c3ccccc3)CC[C@@H]2O1. The Bertz CT molecular complexity index is 571.